The number of hydrogen-bond donors (Lipinski definition) is 1. The number of halogens is 3. The number of benzene rings is 2. The molecule has 0 unspecified atom stereocenters. The van der Waals surface area contributed by atoms with Crippen LogP contribution in [0.25, 0.3) is 0 Å². The maximum atomic E-state index is 5.75. The van der Waals surface area contributed by atoms with Crippen molar-refractivity contribution >= 4 is 53.5 Å². The number of rotatable bonds is 5. The first kappa shape index (κ1) is 14.9. The van der Waals surface area contributed by atoms with Crippen LogP contribution in [0.15, 0.2) is 55.9 Å². The maximum Gasteiger partial charge on any atom is 0.147 e. The van der Waals surface area contributed by atoms with Crippen molar-refractivity contribution in [3.63, 3.8) is 0 Å². The number of nitrogens with one attached hydrogen (secondary N) is 1. The van der Waals surface area contributed by atoms with E-state index in [2.05, 4.69) is 53.1 Å². The van der Waals surface area contributed by atoms with E-state index >= 15 is 0 Å². The van der Waals surface area contributed by atoms with E-state index in [0.29, 0.717) is 6.61 Å². The molecule has 0 aliphatic heterocycles. The van der Waals surface area contributed by atoms with Crippen LogP contribution in [-0.4, -0.2) is 13.2 Å². The molecule has 100 valence electrons. The maximum absolute atomic E-state index is 5.75. The first-order valence-electron chi connectivity index (χ1n) is 5.73. The summed E-state index contributed by atoms with van der Waals surface area (Å²) < 4.78 is 8.71. The summed E-state index contributed by atoms with van der Waals surface area (Å²) in [5.74, 6) is 0.832. The molecule has 0 radical (unpaired) electrons. The zero-order valence-corrected chi connectivity index (χ0v) is 14.8. The molecule has 2 rings (SSSR count). The third kappa shape index (κ3) is 4.51. The van der Waals surface area contributed by atoms with Crippen molar-refractivity contribution in [3.05, 3.63) is 55.9 Å². The van der Waals surface area contributed by atoms with Crippen molar-refractivity contribution in [2.24, 2.45) is 0 Å². The smallest absolute Gasteiger partial charge is 0.147 e. The molecule has 0 saturated heterocycles. The second-order valence-electron chi connectivity index (χ2n) is 3.84. The van der Waals surface area contributed by atoms with Crippen LogP contribution in [0.2, 0.25) is 0 Å². The van der Waals surface area contributed by atoms with Crippen molar-refractivity contribution in [2.75, 3.05) is 18.5 Å². The topological polar surface area (TPSA) is 21.3 Å². The van der Waals surface area contributed by atoms with E-state index in [4.69, 9.17) is 4.74 Å². The van der Waals surface area contributed by atoms with Crippen LogP contribution in [0, 0.1) is 0 Å². The van der Waals surface area contributed by atoms with Crippen LogP contribution in [-0.2, 0) is 0 Å². The fourth-order valence-corrected chi connectivity index (χ4v) is 3.19. The normalized spacial score (nSPS) is 10.3. The fourth-order valence-electron chi connectivity index (χ4n) is 1.57. The molecule has 0 bridgehead atoms. The molecule has 5 heteroatoms. The summed E-state index contributed by atoms with van der Waals surface area (Å²) in [6, 6.07) is 13.9. The third-order valence-electron chi connectivity index (χ3n) is 2.42. The highest BCUT2D eigenvalue weighted by Crippen LogP contribution is 2.32. The van der Waals surface area contributed by atoms with E-state index < -0.39 is 0 Å². The average molecular weight is 450 g/mol. The number of para-hydroxylation sites is 1. The number of hydrogen-bond acceptors (Lipinski definition) is 2. The van der Waals surface area contributed by atoms with Gasteiger partial charge in [0, 0.05) is 16.7 Å². The molecule has 0 amide bonds. The Morgan fingerprint density at radius 1 is 0.947 bits per heavy atom. The lowest BCUT2D eigenvalue weighted by atomic mass is 10.3. The molecule has 0 saturated carbocycles. The number of anilines is 1. The minimum Gasteiger partial charge on any atom is -0.489 e. The molecular weight excluding hydrogens is 438 g/mol. The van der Waals surface area contributed by atoms with E-state index in [-0.39, 0.29) is 0 Å². The highest BCUT2D eigenvalue weighted by atomic mass is 79.9. The van der Waals surface area contributed by atoms with Crippen LogP contribution < -0.4 is 10.1 Å². The summed E-state index contributed by atoms with van der Waals surface area (Å²) in [4.78, 5) is 0. The van der Waals surface area contributed by atoms with Crippen LogP contribution in [0.5, 0.6) is 5.75 Å². The highest BCUT2D eigenvalue weighted by Gasteiger charge is 2.05. The van der Waals surface area contributed by atoms with Gasteiger partial charge >= 0.3 is 0 Å². The first-order chi connectivity index (χ1) is 9.16. The average Bonchev–Trinajstić information content (AvgIpc) is 2.37. The van der Waals surface area contributed by atoms with E-state index in [9.17, 15) is 0 Å². The minimum absolute atomic E-state index is 0.591. The molecule has 0 fully saturated rings. The second kappa shape index (κ2) is 7.31. The Bertz CT molecular complexity index is 540. The lowest BCUT2D eigenvalue weighted by molar-refractivity contribution is 0.329. The van der Waals surface area contributed by atoms with Gasteiger partial charge in [0.05, 0.1) is 8.95 Å². The standard InChI is InChI=1S/C14H12Br3NO/c15-10-3-1-4-11(9-10)18-7-8-19-14-12(16)5-2-6-13(14)17/h1-6,9,18H,7-8H2. The second-order valence-corrected chi connectivity index (χ2v) is 6.46. The van der Waals surface area contributed by atoms with Crippen molar-refractivity contribution < 1.29 is 4.74 Å². The van der Waals surface area contributed by atoms with Crippen LogP contribution in [0.3, 0.4) is 0 Å². The summed E-state index contributed by atoms with van der Waals surface area (Å²) in [7, 11) is 0. The minimum atomic E-state index is 0.591. The fraction of sp³-hybridized carbons (Fsp3) is 0.143. The molecular formula is C14H12Br3NO. The van der Waals surface area contributed by atoms with Crippen LogP contribution in [0.1, 0.15) is 0 Å². The third-order valence-corrected chi connectivity index (χ3v) is 4.16. The molecule has 0 aliphatic carbocycles. The van der Waals surface area contributed by atoms with E-state index in [0.717, 1.165) is 31.4 Å². The van der Waals surface area contributed by atoms with Gasteiger partial charge in [-0.2, -0.15) is 0 Å². The van der Waals surface area contributed by atoms with Gasteiger partial charge in [-0.15, -0.1) is 0 Å². The first-order valence-corrected chi connectivity index (χ1v) is 8.11. The molecule has 1 N–H and O–H groups in total. The van der Waals surface area contributed by atoms with Gasteiger partial charge in [-0.1, -0.05) is 28.1 Å². The Morgan fingerprint density at radius 3 is 2.32 bits per heavy atom. The Labute approximate surface area is 137 Å². The molecule has 2 nitrogen and oxygen atoms in total. The zero-order chi connectivity index (χ0) is 13.7. The summed E-state index contributed by atoms with van der Waals surface area (Å²) in [6.07, 6.45) is 0. The van der Waals surface area contributed by atoms with Gasteiger partial charge in [-0.25, -0.2) is 0 Å². The molecule has 0 spiro atoms. The van der Waals surface area contributed by atoms with Crippen molar-refractivity contribution in [2.45, 2.75) is 0 Å². The molecule has 0 heterocycles. The van der Waals surface area contributed by atoms with E-state index in [1.54, 1.807) is 0 Å². The zero-order valence-electron chi connectivity index (χ0n) is 10.00. The predicted molar refractivity (Wildman–Crippen MR) is 90.0 cm³/mol. The lowest BCUT2D eigenvalue weighted by Crippen LogP contribution is -2.11. The monoisotopic (exact) mass is 447 g/mol. The molecule has 0 atom stereocenters. The Kier molecular flexibility index (Phi) is 5.73. The van der Waals surface area contributed by atoms with E-state index in [1.807, 2.05) is 42.5 Å². The Morgan fingerprint density at radius 2 is 1.63 bits per heavy atom. The lowest BCUT2D eigenvalue weighted by Gasteiger charge is -2.11. The molecule has 0 aliphatic rings. The molecule has 2 aromatic carbocycles. The summed E-state index contributed by atoms with van der Waals surface area (Å²) in [5.41, 5.74) is 1.07. The SMILES string of the molecule is Brc1cccc(NCCOc2c(Br)cccc2Br)c1. The molecule has 0 aromatic heterocycles. The highest BCUT2D eigenvalue weighted by molar-refractivity contribution is 9.11. The molecule has 19 heavy (non-hydrogen) atoms. The molecule has 2 aromatic rings. The predicted octanol–water partition coefficient (Wildman–Crippen LogP) is 5.47. The van der Waals surface area contributed by atoms with Gasteiger partial charge in [0.25, 0.3) is 0 Å². The Hall–Kier alpha value is -0.520. The van der Waals surface area contributed by atoms with Gasteiger partial charge in [0.1, 0.15) is 12.4 Å². The van der Waals surface area contributed by atoms with Gasteiger partial charge in [0.2, 0.25) is 0 Å². The summed E-state index contributed by atoms with van der Waals surface area (Å²) in [6.45, 7) is 1.33. The largest absolute Gasteiger partial charge is 0.489 e. The van der Waals surface area contributed by atoms with Gasteiger partial charge in [-0.05, 0) is 62.2 Å². The quantitative estimate of drug-likeness (QED) is 0.611. The number of ether oxygens (including phenoxy) is 1. The van der Waals surface area contributed by atoms with Gasteiger partial charge in [-0.3, -0.25) is 0 Å². The van der Waals surface area contributed by atoms with Crippen molar-refractivity contribution in [1.82, 2.24) is 0 Å². The van der Waals surface area contributed by atoms with Crippen molar-refractivity contribution in [3.8, 4) is 5.75 Å². The van der Waals surface area contributed by atoms with Gasteiger partial charge < -0.3 is 10.1 Å². The van der Waals surface area contributed by atoms with Gasteiger partial charge in [0.15, 0.2) is 0 Å². The van der Waals surface area contributed by atoms with Crippen LogP contribution in [0.4, 0.5) is 5.69 Å². The van der Waals surface area contributed by atoms with Crippen molar-refractivity contribution in [1.29, 1.82) is 0 Å². The van der Waals surface area contributed by atoms with Crippen LogP contribution >= 0.6 is 47.8 Å². The van der Waals surface area contributed by atoms with E-state index in [1.165, 1.54) is 0 Å². The summed E-state index contributed by atoms with van der Waals surface area (Å²) >= 11 is 10.4. The Balaban J connectivity index is 1.84. The summed E-state index contributed by atoms with van der Waals surface area (Å²) in [5, 5.41) is 3.31.